The number of nitrogens with one attached hydrogen (secondary N) is 1. The van der Waals surface area contributed by atoms with Gasteiger partial charge in [-0.15, -0.1) is 0 Å². The summed E-state index contributed by atoms with van der Waals surface area (Å²) in [6.45, 7) is 0.437. The van der Waals surface area contributed by atoms with Crippen LogP contribution in [0.1, 0.15) is 18.5 Å². The Morgan fingerprint density at radius 2 is 2.44 bits per heavy atom. The van der Waals surface area contributed by atoms with Gasteiger partial charge in [-0.1, -0.05) is 0 Å². The monoisotopic (exact) mass is 251 g/mol. The molecule has 0 spiro atoms. The molecule has 6 nitrogen and oxygen atoms in total. The van der Waals surface area contributed by atoms with Crippen LogP contribution >= 0.6 is 0 Å². The van der Waals surface area contributed by atoms with E-state index in [1.54, 1.807) is 12.3 Å². The molecular formula is C12H17N3O3. The van der Waals surface area contributed by atoms with Crippen LogP contribution in [0.15, 0.2) is 12.3 Å². The summed E-state index contributed by atoms with van der Waals surface area (Å²) in [5.41, 5.74) is 0.597. The van der Waals surface area contributed by atoms with Crippen LogP contribution in [0.2, 0.25) is 0 Å². The Morgan fingerprint density at radius 3 is 3.11 bits per heavy atom. The highest BCUT2D eigenvalue weighted by Crippen LogP contribution is 2.32. The number of nitrogens with zero attached hydrogens (tertiary/aromatic N) is 2. The molecule has 0 amide bonds. The summed E-state index contributed by atoms with van der Waals surface area (Å²) in [5.74, 6) is 0.504. The second-order valence-corrected chi connectivity index (χ2v) is 4.41. The van der Waals surface area contributed by atoms with Crippen LogP contribution < -0.4 is 5.32 Å². The van der Waals surface area contributed by atoms with Crippen molar-refractivity contribution in [2.24, 2.45) is 5.92 Å². The number of carbonyl (C=O) groups excluding carboxylic acids is 1. The fraction of sp³-hybridized carbons (Fsp3) is 0.583. The number of rotatable bonds is 6. The number of methoxy groups -OCH3 is 1. The predicted octanol–water partition coefficient (Wildman–Crippen LogP) is 0.375. The normalized spacial score (nSPS) is 16.1. The molecule has 0 aliphatic heterocycles. The third kappa shape index (κ3) is 3.66. The molecule has 1 heterocycles. The van der Waals surface area contributed by atoms with E-state index in [9.17, 15) is 9.90 Å². The number of hydrogen-bond donors (Lipinski definition) is 2. The molecule has 1 saturated carbocycles. The van der Waals surface area contributed by atoms with Gasteiger partial charge in [0.2, 0.25) is 5.95 Å². The molecule has 1 aliphatic carbocycles. The van der Waals surface area contributed by atoms with E-state index in [2.05, 4.69) is 20.0 Å². The lowest BCUT2D eigenvalue weighted by Crippen LogP contribution is -2.22. The number of hydrogen-bond acceptors (Lipinski definition) is 6. The summed E-state index contributed by atoms with van der Waals surface area (Å²) < 4.78 is 4.57. The average molecular weight is 251 g/mol. The first-order chi connectivity index (χ1) is 8.69. The molecule has 1 aliphatic rings. The largest absolute Gasteiger partial charge is 0.469 e. The number of aliphatic hydroxyl groups excluding tert-OH is 1. The van der Waals surface area contributed by atoms with Crippen molar-refractivity contribution in [3.05, 3.63) is 18.0 Å². The number of aromatic nitrogens is 2. The highest BCUT2D eigenvalue weighted by Gasteiger charge is 2.29. The molecular weight excluding hydrogens is 234 g/mol. The van der Waals surface area contributed by atoms with Crippen LogP contribution in [0, 0.1) is 5.92 Å². The van der Waals surface area contributed by atoms with Gasteiger partial charge >= 0.3 is 5.97 Å². The fourth-order valence-corrected chi connectivity index (χ4v) is 1.64. The van der Waals surface area contributed by atoms with Gasteiger partial charge in [-0.3, -0.25) is 4.79 Å². The van der Waals surface area contributed by atoms with Gasteiger partial charge in [0.25, 0.3) is 0 Å². The van der Waals surface area contributed by atoms with Crippen LogP contribution in [0.4, 0.5) is 5.95 Å². The summed E-state index contributed by atoms with van der Waals surface area (Å²) in [4.78, 5) is 19.3. The van der Waals surface area contributed by atoms with Crippen LogP contribution in [-0.2, 0) is 16.0 Å². The second-order valence-electron chi connectivity index (χ2n) is 4.41. The van der Waals surface area contributed by atoms with E-state index in [0.29, 0.717) is 24.1 Å². The average Bonchev–Trinajstić information content (AvgIpc) is 3.20. The zero-order valence-electron chi connectivity index (χ0n) is 10.3. The lowest BCUT2D eigenvalue weighted by molar-refractivity contribution is -0.139. The Labute approximate surface area is 105 Å². The number of esters is 1. The number of aliphatic hydroxyl groups is 1. The molecule has 98 valence electrons. The molecule has 1 atom stereocenters. The first-order valence-corrected chi connectivity index (χ1v) is 5.99. The topological polar surface area (TPSA) is 84.3 Å². The van der Waals surface area contributed by atoms with Gasteiger partial charge in [-0.25, -0.2) is 9.97 Å². The van der Waals surface area contributed by atoms with Gasteiger partial charge in [0, 0.05) is 12.7 Å². The van der Waals surface area contributed by atoms with E-state index >= 15 is 0 Å². The SMILES string of the molecule is COC(=O)Cc1ccnc(NC[C@H](O)C2CC2)n1. The van der Waals surface area contributed by atoms with Gasteiger partial charge in [0.05, 0.1) is 25.3 Å². The van der Waals surface area contributed by atoms with Crippen molar-refractivity contribution in [1.29, 1.82) is 0 Å². The first kappa shape index (κ1) is 12.8. The molecule has 2 N–H and O–H groups in total. The van der Waals surface area contributed by atoms with Crippen molar-refractivity contribution in [1.82, 2.24) is 9.97 Å². The molecule has 6 heteroatoms. The summed E-state index contributed by atoms with van der Waals surface area (Å²) in [6.07, 6.45) is 3.53. The maximum atomic E-state index is 11.1. The molecule has 1 aromatic rings. The van der Waals surface area contributed by atoms with Crippen LogP contribution in [0.5, 0.6) is 0 Å². The molecule has 18 heavy (non-hydrogen) atoms. The fourth-order valence-electron chi connectivity index (χ4n) is 1.64. The van der Waals surface area contributed by atoms with Crippen molar-refractivity contribution in [3.8, 4) is 0 Å². The van der Waals surface area contributed by atoms with Crippen LogP contribution in [0.3, 0.4) is 0 Å². The number of anilines is 1. The number of ether oxygens (including phenoxy) is 1. The molecule has 1 fully saturated rings. The minimum Gasteiger partial charge on any atom is -0.469 e. The van der Waals surface area contributed by atoms with Gasteiger partial charge in [0.15, 0.2) is 0 Å². The zero-order valence-corrected chi connectivity index (χ0v) is 10.3. The lowest BCUT2D eigenvalue weighted by Gasteiger charge is -2.10. The molecule has 0 saturated heterocycles. The summed E-state index contributed by atoms with van der Waals surface area (Å²) in [7, 11) is 1.34. The van der Waals surface area contributed by atoms with E-state index in [0.717, 1.165) is 12.8 Å². The maximum absolute atomic E-state index is 11.1. The zero-order chi connectivity index (χ0) is 13.0. The predicted molar refractivity (Wildman–Crippen MR) is 65.0 cm³/mol. The Hall–Kier alpha value is -1.69. The van der Waals surface area contributed by atoms with Crippen molar-refractivity contribution in [3.63, 3.8) is 0 Å². The highest BCUT2D eigenvalue weighted by atomic mass is 16.5. The second kappa shape index (κ2) is 5.77. The van der Waals surface area contributed by atoms with Gasteiger partial charge in [0.1, 0.15) is 0 Å². The van der Waals surface area contributed by atoms with Crippen molar-refractivity contribution < 1.29 is 14.6 Å². The Balaban J connectivity index is 1.87. The Morgan fingerprint density at radius 1 is 1.67 bits per heavy atom. The maximum Gasteiger partial charge on any atom is 0.311 e. The standard InChI is InChI=1S/C12H17N3O3/c1-18-11(17)6-9-4-5-13-12(15-9)14-7-10(16)8-2-3-8/h4-5,8,10,16H,2-3,6-7H2,1H3,(H,13,14,15)/t10-/m0/s1. The minimum atomic E-state index is -0.349. The molecule has 2 rings (SSSR count). The Bertz CT molecular complexity index is 421. The highest BCUT2D eigenvalue weighted by molar-refractivity contribution is 5.71. The summed E-state index contributed by atoms with van der Waals surface area (Å²) >= 11 is 0. The minimum absolute atomic E-state index is 0.124. The Kier molecular flexibility index (Phi) is 4.09. The van der Waals surface area contributed by atoms with Gasteiger partial charge in [-0.05, 0) is 24.8 Å². The molecule has 0 unspecified atom stereocenters. The molecule has 1 aromatic heterocycles. The quantitative estimate of drug-likeness (QED) is 0.711. The third-order valence-electron chi connectivity index (χ3n) is 2.90. The van der Waals surface area contributed by atoms with Gasteiger partial charge in [-0.2, -0.15) is 0 Å². The molecule has 0 aromatic carbocycles. The first-order valence-electron chi connectivity index (χ1n) is 5.99. The smallest absolute Gasteiger partial charge is 0.311 e. The number of carbonyl (C=O) groups is 1. The van der Waals surface area contributed by atoms with E-state index in [1.165, 1.54) is 7.11 Å². The third-order valence-corrected chi connectivity index (χ3v) is 2.90. The lowest BCUT2D eigenvalue weighted by atomic mass is 10.2. The van der Waals surface area contributed by atoms with E-state index in [1.807, 2.05) is 0 Å². The molecule has 0 radical (unpaired) electrons. The summed E-state index contributed by atoms with van der Waals surface area (Å²) in [5, 5.41) is 12.7. The van der Waals surface area contributed by atoms with Crippen molar-refractivity contribution >= 4 is 11.9 Å². The van der Waals surface area contributed by atoms with Crippen molar-refractivity contribution in [2.75, 3.05) is 19.0 Å². The van der Waals surface area contributed by atoms with Gasteiger partial charge < -0.3 is 15.2 Å². The van der Waals surface area contributed by atoms with Crippen LogP contribution in [-0.4, -0.2) is 40.8 Å². The van der Waals surface area contributed by atoms with E-state index < -0.39 is 0 Å². The van der Waals surface area contributed by atoms with E-state index in [4.69, 9.17) is 0 Å². The van der Waals surface area contributed by atoms with Crippen LogP contribution in [0.25, 0.3) is 0 Å². The molecule has 0 bridgehead atoms. The van der Waals surface area contributed by atoms with Crippen molar-refractivity contribution in [2.45, 2.75) is 25.4 Å². The summed E-state index contributed by atoms with van der Waals surface area (Å²) in [6, 6.07) is 1.67. The van der Waals surface area contributed by atoms with E-state index in [-0.39, 0.29) is 18.5 Å².